The minimum absolute atomic E-state index is 0.236. The summed E-state index contributed by atoms with van der Waals surface area (Å²) < 4.78 is 19.7. The normalized spacial score (nSPS) is 10.7. The third kappa shape index (κ3) is 4.96. The highest BCUT2D eigenvalue weighted by atomic mass is 79.9. The number of hydrazone groups is 1. The van der Waals surface area contributed by atoms with Crippen LogP contribution in [0.25, 0.3) is 0 Å². The molecule has 6 heteroatoms. The summed E-state index contributed by atoms with van der Waals surface area (Å²) in [5.41, 5.74) is 3.76. The van der Waals surface area contributed by atoms with Gasteiger partial charge in [0.1, 0.15) is 18.2 Å². The predicted octanol–water partition coefficient (Wildman–Crippen LogP) is 3.64. The molecule has 4 nitrogen and oxygen atoms in total. The van der Waals surface area contributed by atoms with E-state index in [9.17, 15) is 9.18 Å². The van der Waals surface area contributed by atoms with Gasteiger partial charge in [-0.1, -0.05) is 28.1 Å². The first-order chi connectivity index (χ1) is 10.5. The molecule has 22 heavy (non-hydrogen) atoms. The smallest absolute Gasteiger partial charge is 0.236 e. The summed E-state index contributed by atoms with van der Waals surface area (Å²) in [6.07, 6.45) is 1.49. The zero-order valence-electron chi connectivity index (χ0n) is 11.8. The highest BCUT2D eigenvalue weighted by Gasteiger charge is 2.04. The first-order valence-electron chi connectivity index (χ1n) is 6.51. The Morgan fingerprint density at radius 1 is 1.36 bits per heavy atom. The van der Waals surface area contributed by atoms with Crippen molar-refractivity contribution in [3.05, 3.63) is 63.9 Å². The van der Waals surface area contributed by atoms with Gasteiger partial charge in [-0.3, -0.25) is 4.79 Å². The van der Waals surface area contributed by atoms with Crippen LogP contribution in [0.15, 0.2) is 52.0 Å². The van der Waals surface area contributed by atoms with Crippen molar-refractivity contribution in [2.24, 2.45) is 5.10 Å². The highest BCUT2D eigenvalue weighted by molar-refractivity contribution is 9.10. The van der Waals surface area contributed by atoms with Crippen LogP contribution in [-0.2, 0) is 11.4 Å². The number of hydrogen-bond acceptors (Lipinski definition) is 3. The van der Waals surface area contributed by atoms with Gasteiger partial charge < -0.3 is 4.74 Å². The molecule has 2 aromatic carbocycles. The Morgan fingerprint density at radius 3 is 2.91 bits per heavy atom. The van der Waals surface area contributed by atoms with E-state index in [0.717, 1.165) is 10.0 Å². The van der Waals surface area contributed by atoms with Crippen molar-refractivity contribution in [1.82, 2.24) is 5.43 Å². The van der Waals surface area contributed by atoms with Crippen molar-refractivity contribution in [2.45, 2.75) is 13.5 Å². The van der Waals surface area contributed by atoms with Gasteiger partial charge >= 0.3 is 0 Å². The molecule has 0 fully saturated rings. The van der Waals surface area contributed by atoms with Gasteiger partial charge in [0.2, 0.25) is 5.91 Å². The Morgan fingerprint density at radius 2 is 2.18 bits per heavy atom. The fourth-order valence-electron chi connectivity index (χ4n) is 1.73. The van der Waals surface area contributed by atoms with Crippen LogP contribution in [0.2, 0.25) is 0 Å². The second-order valence-corrected chi connectivity index (χ2v) is 5.44. The lowest BCUT2D eigenvalue weighted by Crippen LogP contribution is -2.12. The Hall–Kier alpha value is -2.21. The molecule has 0 atom stereocenters. The Balaban J connectivity index is 2.12. The van der Waals surface area contributed by atoms with Crippen LogP contribution in [0.5, 0.6) is 5.75 Å². The molecule has 0 bridgehead atoms. The molecular weight excluding hydrogens is 351 g/mol. The second kappa shape index (κ2) is 7.70. The van der Waals surface area contributed by atoms with Crippen molar-refractivity contribution in [3.63, 3.8) is 0 Å². The molecule has 0 aliphatic heterocycles. The largest absolute Gasteiger partial charge is 0.488 e. The van der Waals surface area contributed by atoms with Crippen molar-refractivity contribution in [2.75, 3.05) is 0 Å². The van der Waals surface area contributed by atoms with E-state index in [4.69, 9.17) is 4.74 Å². The SMILES string of the molecule is CC(=O)N/N=C\c1cc(Br)ccc1OCc1cccc(F)c1. The van der Waals surface area contributed by atoms with E-state index in [1.807, 2.05) is 12.1 Å². The van der Waals surface area contributed by atoms with E-state index < -0.39 is 0 Å². The van der Waals surface area contributed by atoms with Crippen LogP contribution in [-0.4, -0.2) is 12.1 Å². The molecule has 2 aromatic rings. The molecule has 0 saturated carbocycles. The number of nitrogens with one attached hydrogen (secondary N) is 1. The van der Waals surface area contributed by atoms with E-state index in [1.165, 1.54) is 25.3 Å². The summed E-state index contributed by atoms with van der Waals surface area (Å²) >= 11 is 3.37. The Kier molecular flexibility index (Phi) is 5.66. The molecule has 2 rings (SSSR count). The number of rotatable bonds is 5. The topological polar surface area (TPSA) is 50.7 Å². The lowest BCUT2D eigenvalue weighted by molar-refractivity contribution is -0.118. The van der Waals surface area contributed by atoms with Gasteiger partial charge in [-0.15, -0.1) is 0 Å². The first-order valence-corrected chi connectivity index (χ1v) is 7.30. The molecule has 0 saturated heterocycles. The molecule has 0 heterocycles. The number of carbonyl (C=O) groups excluding carboxylic acids is 1. The summed E-state index contributed by atoms with van der Waals surface area (Å²) in [5.74, 6) is 0.0272. The zero-order chi connectivity index (χ0) is 15.9. The lowest BCUT2D eigenvalue weighted by atomic mass is 10.2. The Bertz CT molecular complexity index is 704. The summed E-state index contributed by atoms with van der Waals surface area (Å²) in [4.78, 5) is 10.8. The molecule has 1 N–H and O–H groups in total. The molecule has 0 aliphatic rings. The van der Waals surface area contributed by atoms with Gasteiger partial charge in [0.05, 0.1) is 6.21 Å². The monoisotopic (exact) mass is 364 g/mol. The molecule has 0 radical (unpaired) electrons. The number of halogens is 2. The zero-order valence-corrected chi connectivity index (χ0v) is 13.4. The average molecular weight is 365 g/mol. The average Bonchev–Trinajstić information content (AvgIpc) is 2.46. The van der Waals surface area contributed by atoms with Crippen molar-refractivity contribution in [1.29, 1.82) is 0 Å². The second-order valence-electron chi connectivity index (χ2n) is 4.53. The van der Waals surface area contributed by atoms with Crippen LogP contribution < -0.4 is 10.2 Å². The molecule has 114 valence electrons. The molecule has 0 unspecified atom stereocenters. The number of amides is 1. The molecule has 0 spiro atoms. The third-order valence-corrected chi connectivity index (χ3v) is 3.17. The first kappa shape index (κ1) is 16.2. The van der Waals surface area contributed by atoms with Crippen molar-refractivity contribution in [3.8, 4) is 5.75 Å². The lowest BCUT2D eigenvalue weighted by Gasteiger charge is -2.09. The summed E-state index contributed by atoms with van der Waals surface area (Å²) in [6.45, 7) is 1.61. The van der Waals surface area contributed by atoms with Crippen LogP contribution in [0.4, 0.5) is 4.39 Å². The standard InChI is InChI=1S/C16H14BrFN2O2/c1-11(21)20-19-9-13-8-14(17)5-6-16(13)22-10-12-3-2-4-15(18)7-12/h2-9H,10H2,1H3,(H,20,21)/b19-9-. The summed E-state index contributed by atoms with van der Waals surface area (Å²) in [6, 6.07) is 11.6. The number of carbonyl (C=O) groups is 1. The van der Waals surface area contributed by atoms with Crippen LogP contribution >= 0.6 is 15.9 Å². The third-order valence-electron chi connectivity index (χ3n) is 2.68. The molecule has 0 aromatic heterocycles. The van der Waals surface area contributed by atoms with Crippen LogP contribution in [0, 0.1) is 5.82 Å². The van der Waals surface area contributed by atoms with E-state index in [2.05, 4.69) is 26.5 Å². The number of nitrogens with zero attached hydrogens (tertiary/aromatic N) is 1. The van der Waals surface area contributed by atoms with Crippen LogP contribution in [0.1, 0.15) is 18.1 Å². The van der Waals surface area contributed by atoms with Gasteiger partial charge in [-0.25, -0.2) is 9.82 Å². The minimum atomic E-state index is -0.302. The van der Waals surface area contributed by atoms with Gasteiger partial charge in [-0.05, 0) is 35.9 Å². The molecule has 0 aliphatic carbocycles. The number of ether oxygens (including phenoxy) is 1. The maximum absolute atomic E-state index is 13.1. The predicted molar refractivity (Wildman–Crippen MR) is 86.3 cm³/mol. The fourth-order valence-corrected chi connectivity index (χ4v) is 2.11. The molecule has 1 amide bonds. The van der Waals surface area contributed by atoms with Gasteiger partial charge in [-0.2, -0.15) is 5.10 Å². The van der Waals surface area contributed by atoms with Crippen molar-refractivity contribution >= 4 is 28.1 Å². The van der Waals surface area contributed by atoms with E-state index in [-0.39, 0.29) is 18.3 Å². The number of hydrogen-bond donors (Lipinski definition) is 1. The Labute approximate surface area is 136 Å². The van der Waals surface area contributed by atoms with E-state index >= 15 is 0 Å². The maximum atomic E-state index is 13.1. The molecular formula is C16H14BrFN2O2. The summed E-state index contributed by atoms with van der Waals surface area (Å²) in [7, 11) is 0. The highest BCUT2D eigenvalue weighted by Crippen LogP contribution is 2.23. The van der Waals surface area contributed by atoms with Crippen molar-refractivity contribution < 1.29 is 13.9 Å². The quantitative estimate of drug-likeness (QED) is 0.650. The van der Waals surface area contributed by atoms with E-state index in [1.54, 1.807) is 18.2 Å². The van der Waals surface area contributed by atoms with Gasteiger partial charge in [0.25, 0.3) is 0 Å². The van der Waals surface area contributed by atoms with E-state index in [0.29, 0.717) is 11.3 Å². The fraction of sp³-hybridized carbons (Fsp3) is 0.125. The van der Waals surface area contributed by atoms with Gasteiger partial charge in [0, 0.05) is 17.0 Å². The minimum Gasteiger partial charge on any atom is -0.488 e. The maximum Gasteiger partial charge on any atom is 0.236 e. The number of benzene rings is 2. The van der Waals surface area contributed by atoms with Crippen LogP contribution in [0.3, 0.4) is 0 Å². The van der Waals surface area contributed by atoms with Gasteiger partial charge in [0.15, 0.2) is 0 Å². The summed E-state index contributed by atoms with van der Waals surface area (Å²) in [5, 5.41) is 3.83.